The van der Waals surface area contributed by atoms with Gasteiger partial charge in [0.05, 0.1) is 6.61 Å². The number of carbonyl (C=O) groups excluding carboxylic acids is 1. The highest BCUT2D eigenvalue weighted by atomic mass is 32.2. The molecule has 0 saturated carbocycles. The Balaban J connectivity index is 2.28. The fraction of sp³-hybridized carbons (Fsp3) is 0.842. The molecule has 0 aliphatic heterocycles. The molecule has 0 aromatic rings. The third kappa shape index (κ3) is 7.75. The molecule has 0 aromatic heterocycles. The highest BCUT2D eigenvalue weighted by molar-refractivity contribution is 8.00. The standard InChI is InChI=1S/C19H35NO2S/c1-5-6-7-8-13-22-18(21)17(20)14-23-19(3,4)16-11-9-15(2)10-12-16/h9,16-17H,5-8,10-14,20H2,1-4H3/t16?,17-/m0/s1. The van der Waals surface area contributed by atoms with Crippen LogP contribution in [0.2, 0.25) is 0 Å². The zero-order chi connectivity index (χ0) is 17.3. The van der Waals surface area contributed by atoms with E-state index in [1.165, 1.54) is 31.3 Å². The lowest BCUT2D eigenvalue weighted by Gasteiger charge is -2.36. The number of allylic oxidation sites excluding steroid dienone is 2. The maximum Gasteiger partial charge on any atom is 0.323 e. The quantitative estimate of drug-likeness (QED) is 0.356. The number of esters is 1. The maximum absolute atomic E-state index is 11.9. The molecule has 1 unspecified atom stereocenters. The van der Waals surface area contributed by atoms with E-state index in [1.54, 1.807) is 0 Å². The molecule has 1 aliphatic carbocycles. The summed E-state index contributed by atoms with van der Waals surface area (Å²) in [4.78, 5) is 11.9. The molecule has 23 heavy (non-hydrogen) atoms. The third-order valence-corrected chi connectivity index (χ3v) is 6.40. The van der Waals surface area contributed by atoms with Crippen LogP contribution in [0.1, 0.15) is 72.6 Å². The molecule has 3 nitrogen and oxygen atoms in total. The molecule has 0 radical (unpaired) electrons. The molecule has 0 amide bonds. The first kappa shape index (κ1) is 20.6. The van der Waals surface area contributed by atoms with Gasteiger partial charge in [-0.05, 0) is 38.5 Å². The summed E-state index contributed by atoms with van der Waals surface area (Å²) in [5.41, 5.74) is 7.51. The van der Waals surface area contributed by atoms with Gasteiger partial charge < -0.3 is 10.5 Å². The normalized spacial score (nSPS) is 20.0. The highest BCUT2D eigenvalue weighted by Crippen LogP contribution is 2.40. The monoisotopic (exact) mass is 341 g/mol. The van der Waals surface area contributed by atoms with Crippen molar-refractivity contribution in [2.24, 2.45) is 11.7 Å². The molecule has 2 atom stereocenters. The summed E-state index contributed by atoms with van der Waals surface area (Å²) in [7, 11) is 0. The van der Waals surface area contributed by atoms with Gasteiger partial charge in [0.2, 0.25) is 0 Å². The summed E-state index contributed by atoms with van der Waals surface area (Å²) in [5.74, 6) is 1.05. The number of thioether (sulfide) groups is 1. The van der Waals surface area contributed by atoms with Gasteiger partial charge >= 0.3 is 5.97 Å². The number of ether oxygens (including phenoxy) is 1. The maximum atomic E-state index is 11.9. The van der Waals surface area contributed by atoms with E-state index in [9.17, 15) is 4.79 Å². The fourth-order valence-corrected chi connectivity index (χ4v) is 4.09. The second-order valence-electron chi connectivity index (χ2n) is 7.27. The second-order valence-corrected chi connectivity index (χ2v) is 8.95. The van der Waals surface area contributed by atoms with E-state index in [-0.39, 0.29) is 10.7 Å². The van der Waals surface area contributed by atoms with E-state index in [0.29, 0.717) is 18.3 Å². The molecular formula is C19H35NO2S. The molecule has 1 rings (SSSR count). The predicted molar refractivity (Wildman–Crippen MR) is 101 cm³/mol. The largest absolute Gasteiger partial charge is 0.465 e. The third-order valence-electron chi connectivity index (χ3n) is 4.80. The highest BCUT2D eigenvalue weighted by Gasteiger charge is 2.32. The van der Waals surface area contributed by atoms with Crippen molar-refractivity contribution < 1.29 is 9.53 Å². The molecule has 2 N–H and O–H groups in total. The first-order valence-electron chi connectivity index (χ1n) is 9.08. The molecule has 0 saturated heterocycles. The van der Waals surface area contributed by atoms with Crippen LogP contribution >= 0.6 is 11.8 Å². The smallest absolute Gasteiger partial charge is 0.323 e. The van der Waals surface area contributed by atoms with Gasteiger partial charge in [-0.25, -0.2) is 0 Å². The van der Waals surface area contributed by atoms with Gasteiger partial charge in [0, 0.05) is 10.5 Å². The van der Waals surface area contributed by atoms with Gasteiger partial charge in [0.25, 0.3) is 0 Å². The van der Waals surface area contributed by atoms with Gasteiger partial charge in [0.15, 0.2) is 0 Å². The van der Waals surface area contributed by atoms with E-state index < -0.39 is 6.04 Å². The lowest BCUT2D eigenvalue weighted by molar-refractivity contribution is -0.144. The SMILES string of the molecule is CCCCCCOC(=O)[C@@H](N)CSC(C)(C)C1CC=C(C)CC1. The van der Waals surface area contributed by atoms with Gasteiger partial charge in [-0.1, -0.05) is 51.7 Å². The van der Waals surface area contributed by atoms with Crippen molar-refractivity contribution in [1.29, 1.82) is 0 Å². The minimum absolute atomic E-state index is 0.149. The van der Waals surface area contributed by atoms with Gasteiger partial charge in [-0.2, -0.15) is 11.8 Å². The van der Waals surface area contributed by atoms with Crippen LogP contribution in [-0.2, 0) is 9.53 Å². The second kappa shape index (κ2) is 10.4. The first-order valence-corrected chi connectivity index (χ1v) is 10.1. The van der Waals surface area contributed by atoms with Crippen molar-refractivity contribution in [2.75, 3.05) is 12.4 Å². The van der Waals surface area contributed by atoms with E-state index in [1.807, 2.05) is 11.8 Å². The Bertz CT molecular complexity index is 393. The van der Waals surface area contributed by atoms with E-state index >= 15 is 0 Å². The molecule has 134 valence electrons. The van der Waals surface area contributed by atoms with E-state index in [2.05, 4.69) is 33.8 Å². The molecule has 0 bridgehead atoms. The zero-order valence-electron chi connectivity index (χ0n) is 15.4. The molecule has 0 aromatic carbocycles. The van der Waals surface area contributed by atoms with Crippen LogP contribution in [0.15, 0.2) is 11.6 Å². The summed E-state index contributed by atoms with van der Waals surface area (Å²) in [5, 5.41) is 0. The van der Waals surface area contributed by atoms with Crippen LogP contribution in [0.5, 0.6) is 0 Å². The molecular weight excluding hydrogens is 306 g/mol. The van der Waals surface area contributed by atoms with Crippen molar-refractivity contribution in [1.82, 2.24) is 0 Å². The van der Waals surface area contributed by atoms with Crippen molar-refractivity contribution in [3.63, 3.8) is 0 Å². The number of nitrogens with two attached hydrogens (primary N) is 1. The fourth-order valence-electron chi connectivity index (χ4n) is 2.90. The number of rotatable bonds is 10. The van der Waals surface area contributed by atoms with Crippen molar-refractivity contribution in [3.05, 3.63) is 11.6 Å². The minimum Gasteiger partial charge on any atom is -0.465 e. The molecule has 0 spiro atoms. The first-order chi connectivity index (χ1) is 10.9. The van der Waals surface area contributed by atoms with Crippen LogP contribution in [0.25, 0.3) is 0 Å². The Morgan fingerprint density at radius 1 is 1.43 bits per heavy atom. The molecule has 1 aliphatic rings. The van der Waals surface area contributed by atoms with Crippen LogP contribution in [-0.4, -0.2) is 29.1 Å². The Kier molecular flexibility index (Phi) is 9.30. The Morgan fingerprint density at radius 3 is 2.78 bits per heavy atom. The Morgan fingerprint density at radius 2 is 2.17 bits per heavy atom. The predicted octanol–water partition coefficient (Wildman–Crippen LogP) is 4.70. The molecule has 0 fully saturated rings. The average Bonchev–Trinajstić information content (AvgIpc) is 2.52. The molecule has 4 heteroatoms. The lowest BCUT2D eigenvalue weighted by Crippen LogP contribution is -2.38. The number of carbonyl (C=O) groups is 1. The summed E-state index contributed by atoms with van der Waals surface area (Å²) in [6.07, 6.45) is 10.4. The van der Waals surface area contributed by atoms with E-state index in [0.717, 1.165) is 19.3 Å². The number of unbranched alkanes of at least 4 members (excludes halogenated alkanes) is 3. The summed E-state index contributed by atoms with van der Waals surface area (Å²) in [6.45, 7) is 9.44. The average molecular weight is 342 g/mol. The topological polar surface area (TPSA) is 52.3 Å². The van der Waals surface area contributed by atoms with Gasteiger partial charge in [-0.3, -0.25) is 4.79 Å². The van der Waals surface area contributed by atoms with Gasteiger partial charge in [0.1, 0.15) is 6.04 Å². The minimum atomic E-state index is -0.508. The summed E-state index contributed by atoms with van der Waals surface area (Å²) >= 11 is 1.82. The zero-order valence-corrected chi connectivity index (χ0v) is 16.2. The van der Waals surface area contributed by atoms with E-state index in [4.69, 9.17) is 10.5 Å². The summed E-state index contributed by atoms with van der Waals surface area (Å²) < 4.78 is 5.44. The van der Waals surface area contributed by atoms with Crippen LogP contribution in [0.4, 0.5) is 0 Å². The van der Waals surface area contributed by atoms with Crippen molar-refractivity contribution in [3.8, 4) is 0 Å². The van der Waals surface area contributed by atoms with Crippen molar-refractivity contribution in [2.45, 2.75) is 83.4 Å². The van der Waals surface area contributed by atoms with Gasteiger partial charge in [-0.15, -0.1) is 0 Å². The van der Waals surface area contributed by atoms with Crippen molar-refractivity contribution >= 4 is 17.7 Å². The van der Waals surface area contributed by atoms with Crippen LogP contribution < -0.4 is 5.73 Å². The number of hydrogen-bond donors (Lipinski definition) is 1. The Labute approximate surface area is 146 Å². The number of hydrogen-bond acceptors (Lipinski definition) is 4. The van der Waals surface area contributed by atoms with Crippen LogP contribution in [0, 0.1) is 5.92 Å². The Hall–Kier alpha value is -0.480. The summed E-state index contributed by atoms with van der Waals surface area (Å²) in [6, 6.07) is -0.508. The van der Waals surface area contributed by atoms with Crippen LogP contribution in [0.3, 0.4) is 0 Å². The molecule has 0 heterocycles. The lowest BCUT2D eigenvalue weighted by atomic mass is 9.82.